The first-order chi connectivity index (χ1) is 11.1. The lowest BCUT2D eigenvalue weighted by Gasteiger charge is -2.34. The Kier molecular flexibility index (Phi) is 5.50. The van der Waals surface area contributed by atoms with Crippen molar-refractivity contribution in [2.45, 2.75) is 64.7 Å². The molecule has 0 heterocycles. The topological polar surface area (TPSA) is 0 Å². The Morgan fingerprint density at radius 3 is 2.35 bits per heavy atom. The van der Waals surface area contributed by atoms with Gasteiger partial charge < -0.3 is 0 Å². The fourth-order valence-electron chi connectivity index (χ4n) is 4.32. The molecule has 1 fully saturated rings. The van der Waals surface area contributed by atoms with Crippen LogP contribution in [0.2, 0.25) is 0 Å². The number of hydrogen-bond donors (Lipinski definition) is 0. The maximum atomic E-state index is 13.2. The van der Waals surface area contributed by atoms with Crippen LogP contribution in [-0.4, -0.2) is 0 Å². The molecule has 1 atom stereocenters. The van der Waals surface area contributed by atoms with Crippen LogP contribution in [0, 0.1) is 29.4 Å². The number of allylic oxidation sites excluding steroid dienone is 2. The molecule has 2 aliphatic rings. The van der Waals surface area contributed by atoms with Gasteiger partial charge in [-0.3, -0.25) is 0 Å². The molecule has 1 saturated carbocycles. The van der Waals surface area contributed by atoms with E-state index < -0.39 is 11.6 Å². The van der Waals surface area contributed by atoms with Gasteiger partial charge in [0.25, 0.3) is 0 Å². The van der Waals surface area contributed by atoms with E-state index in [0.29, 0.717) is 0 Å². The Morgan fingerprint density at radius 1 is 0.913 bits per heavy atom. The molecule has 2 aliphatic carbocycles. The number of benzene rings is 1. The minimum absolute atomic E-state index is 0.730. The molecule has 1 aromatic carbocycles. The Morgan fingerprint density at radius 2 is 1.70 bits per heavy atom. The molecule has 126 valence electrons. The molecule has 0 aromatic heterocycles. The van der Waals surface area contributed by atoms with Crippen LogP contribution in [0.5, 0.6) is 0 Å². The molecule has 1 aromatic rings. The van der Waals surface area contributed by atoms with Crippen molar-refractivity contribution in [3.63, 3.8) is 0 Å². The summed E-state index contributed by atoms with van der Waals surface area (Å²) in [6, 6.07) is 4.28. The Hall–Kier alpha value is -1.18. The molecule has 0 radical (unpaired) electrons. The van der Waals surface area contributed by atoms with Crippen molar-refractivity contribution in [2.24, 2.45) is 17.8 Å². The smallest absolute Gasteiger partial charge is 0.159 e. The maximum absolute atomic E-state index is 13.2. The van der Waals surface area contributed by atoms with Crippen LogP contribution < -0.4 is 0 Å². The summed E-state index contributed by atoms with van der Waals surface area (Å²) < 4.78 is 26.2. The van der Waals surface area contributed by atoms with Gasteiger partial charge in [-0.15, -0.1) is 0 Å². The van der Waals surface area contributed by atoms with E-state index >= 15 is 0 Å². The molecule has 0 nitrogen and oxygen atoms in total. The van der Waals surface area contributed by atoms with Gasteiger partial charge in [0, 0.05) is 0 Å². The van der Waals surface area contributed by atoms with Crippen LogP contribution in [0.25, 0.3) is 0 Å². The standard InChI is InChI=1S/C21H28F2/c1-15-2-9-18(10-3-15)19-11-6-16(7-12-19)4-5-17-8-13-20(22)21(23)14-17/h6,8,13-15,18-19H,2-5,7,9-12H2,1H3/t15-,18-,19?. The van der Waals surface area contributed by atoms with Crippen molar-refractivity contribution in [2.75, 3.05) is 0 Å². The predicted octanol–water partition coefficient (Wildman–Crippen LogP) is 6.45. The summed E-state index contributed by atoms with van der Waals surface area (Å²) in [5.74, 6) is 1.27. The lowest BCUT2D eigenvalue weighted by atomic mass is 9.71. The van der Waals surface area contributed by atoms with Gasteiger partial charge in [-0.2, -0.15) is 0 Å². The zero-order valence-corrected chi connectivity index (χ0v) is 14.2. The van der Waals surface area contributed by atoms with Gasteiger partial charge in [-0.25, -0.2) is 8.78 Å². The molecule has 0 aliphatic heterocycles. The Labute approximate surface area is 139 Å². The molecule has 0 N–H and O–H groups in total. The minimum Gasteiger partial charge on any atom is -0.204 e. The lowest BCUT2D eigenvalue weighted by molar-refractivity contribution is 0.199. The predicted molar refractivity (Wildman–Crippen MR) is 91.2 cm³/mol. The van der Waals surface area contributed by atoms with E-state index in [1.165, 1.54) is 62.7 Å². The number of halogens is 2. The second kappa shape index (κ2) is 7.59. The quantitative estimate of drug-likeness (QED) is 0.560. The van der Waals surface area contributed by atoms with Crippen molar-refractivity contribution in [1.29, 1.82) is 0 Å². The number of aryl methyl sites for hydroxylation is 1. The molecule has 0 amide bonds. The molecule has 2 heteroatoms. The molecular formula is C21H28F2. The monoisotopic (exact) mass is 318 g/mol. The first kappa shape index (κ1) is 16.7. The Bertz CT molecular complexity index is 553. The fraction of sp³-hybridized carbons (Fsp3) is 0.619. The van der Waals surface area contributed by atoms with Crippen molar-refractivity contribution in [3.8, 4) is 0 Å². The molecular weight excluding hydrogens is 290 g/mol. The average molecular weight is 318 g/mol. The first-order valence-corrected chi connectivity index (χ1v) is 9.23. The highest BCUT2D eigenvalue weighted by Gasteiger charge is 2.27. The molecule has 3 rings (SSSR count). The summed E-state index contributed by atoms with van der Waals surface area (Å²) in [6.45, 7) is 2.38. The van der Waals surface area contributed by atoms with E-state index in [1.54, 1.807) is 6.07 Å². The molecule has 0 spiro atoms. The third-order valence-electron chi connectivity index (χ3n) is 5.99. The SMILES string of the molecule is C[C@H]1CC[C@H](C2CC=C(CCc3ccc(F)c(F)c3)CC2)CC1. The van der Waals surface area contributed by atoms with Gasteiger partial charge in [-0.1, -0.05) is 37.5 Å². The van der Waals surface area contributed by atoms with Crippen LogP contribution in [0.15, 0.2) is 29.8 Å². The second-order valence-corrected chi connectivity index (χ2v) is 7.67. The van der Waals surface area contributed by atoms with Crippen molar-refractivity contribution in [1.82, 2.24) is 0 Å². The summed E-state index contributed by atoms with van der Waals surface area (Å²) in [4.78, 5) is 0. The second-order valence-electron chi connectivity index (χ2n) is 7.67. The highest BCUT2D eigenvalue weighted by atomic mass is 19.2. The van der Waals surface area contributed by atoms with Crippen molar-refractivity contribution < 1.29 is 8.78 Å². The Balaban J connectivity index is 1.48. The zero-order valence-electron chi connectivity index (χ0n) is 14.2. The van der Waals surface area contributed by atoms with Crippen LogP contribution in [0.3, 0.4) is 0 Å². The molecule has 23 heavy (non-hydrogen) atoms. The highest BCUT2D eigenvalue weighted by Crippen LogP contribution is 2.39. The summed E-state index contributed by atoms with van der Waals surface area (Å²) in [6.07, 6.45) is 13.6. The van der Waals surface area contributed by atoms with Crippen molar-refractivity contribution >= 4 is 0 Å². The van der Waals surface area contributed by atoms with Gasteiger partial charge in [0.2, 0.25) is 0 Å². The van der Waals surface area contributed by atoms with E-state index in [1.807, 2.05) is 0 Å². The van der Waals surface area contributed by atoms with Gasteiger partial charge in [0.1, 0.15) is 0 Å². The fourth-order valence-corrected chi connectivity index (χ4v) is 4.32. The normalized spacial score (nSPS) is 28.5. The van der Waals surface area contributed by atoms with Crippen LogP contribution in [0.1, 0.15) is 63.9 Å². The third kappa shape index (κ3) is 4.43. The highest BCUT2D eigenvalue weighted by molar-refractivity contribution is 5.20. The van der Waals surface area contributed by atoms with E-state index in [9.17, 15) is 8.78 Å². The number of hydrogen-bond acceptors (Lipinski definition) is 0. The molecule has 1 unspecified atom stereocenters. The first-order valence-electron chi connectivity index (χ1n) is 9.23. The summed E-state index contributed by atoms with van der Waals surface area (Å²) in [7, 11) is 0. The summed E-state index contributed by atoms with van der Waals surface area (Å²) >= 11 is 0. The summed E-state index contributed by atoms with van der Waals surface area (Å²) in [5.41, 5.74) is 2.41. The number of rotatable bonds is 4. The van der Waals surface area contributed by atoms with Gasteiger partial charge >= 0.3 is 0 Å². The summed E-state index contributed by atoms with van der Waals surface area (Å²) in [5, 5.41) is 0. The van der Waals surface area contributed by atoms with Crippen molar-refractivity contribution in [3.05, 3.63) is 47.0 Å². The van der Waals surface area contributed by atoms with Gasteiger partial charge in [0.05, 0.1) is 0 Å². The van der Waals surface area contributed by atoms with Crippen LogP contribution >= 0.6 is 0 Å². The van der Waals surface area contributed by atoms with Crippen LogP contribution in [0.4, 0.5) is 8.78 Å². The largest absolute Gasteiger partial charge is 0.204 e. The van der Waals surface area contributed by atoms with Crippen LogP contribution in [-0.2, 0) is 6.42 Å². The average Bonchev–Trinajstić information content (AvgIpc) is 2.57. The lowest BCUT2D eigenvalue weighted by Crippen LogP contribution is -2.22. The van der Waals surface area contributed by atoms with E-state index in [4.69, 9.17) is 0 Å². The third-order valence-corrected chi connectivity index (χ3v) is 5.99. The maximum Gasteiger partial charge on any atom is 0.159 e. The van der Waals surface area contributed by atoms with Gasteiger partial charge in [0.15, 0.2) is 11.6 Å². The molecule has 0 bridgehead atoms. The van der Waals surface area contributed by atoms with E-state index in [2.05, 4.69) is 13.0 Å². The minimum atomic E-state index is -0.754. The van der Waals surface area contributed by atoms with E-state index in [0.717, 1.165) is 36.2 Å². The zero-order chi connectivity index (χ0) is 16.2. The van der Waals surface area contributed by atoms with E-state index in [-0.39, 0.29) is 0 Å². The van der Waals surface area contributed by atoms with Gasteiger partial charge in [-0.05, 0) is 80.4 Å². The molecule has 0 saturated heterocycles.